The van der Waals surface area contributed by atoms with Crippen molar-refractivity contribution in [2.24, 2.45) is 5.10 Å². The van der Waals surface area contributed by atoms with Gasteiger partial charge in [-0.2, -0.15) is 5.10 Å². The molecule has 3 aromatic rings. The van der Waals surface area contributed by atoms with Gasteiger partial charge < -0.3 is 9.47 Å². The molecule has 142 valence electrons. The second kappa shape index (κ2) is 9.71. The Hall–Kier alpha value is -3.12. The summed E-state index contributed by atoms with van der Waals surface area (Å²) in [4.78, 5) is 12.5. The Bertz CT molecular complexity index is 975. The third-order valence-electron chi connectivity index (χ3n) is 3.94. The van der Waals surface area contributed by atoms with Crippen LogP contribution in [0.25, 0.3) is 0 Å². The van der Waals surface area contributed by atoms with E-state index in [0.717, 1.165) is 15.6 Å². The van der Waals surface area contributed by atoms with Gasteiger partial charge in [-0.25, -0.2) is 5.43 Å². The molecular weight excluding hydrogens is 420 g/mol. The number of para-hydroxylation sites is 1. The standard InChI is InChI=1S/C22H19BrN2O3/c1-27-18-11-12-20(23)17(13-18)14-24-25-22(26)19-9-5-6-10-21(19)28-15-16-7-3-2-4-8-16/h2-14H,15H2,1H3,(H,25,26)/b24-14+. The molecule has 3 aromatic carbocycles. The van der Waals surface area contributed by atoms with E-state index in [-0.39, 0.29) is 5.91 Å². The molecule has 0 radical (unpaired) electrons. The topological polar surface area (TPSA) is 59.9 Å². The molecule has 0 bridgehead atoms. The first-order chi connectivity index (χ1) is 13.7. The van der Waals surface area contributed by atoms with Crippen LogP contribution < -0.4 is 14.9 Å². The molecule has 28 heavy (non-hydrogen) atoms. The molecule has 0 fully saturated rings. The van der Waals surface area contributed by atoms with Crippen LogP contribution in [0.3, 0.4) is 0 Å². The number of hydrogen-bond donors (Lipinski definition) is 1. The average Bonchev–Trinajstić information content (AvgIpc) is 2.74. The molecular formula is C22H19BrN2O3. The van der Waals surface area contributed by atoms with Crippen LogP contribution in [0.5, 0.6) is 11.5 Å². The molecule has 6 heteroatoms. The highest BCUT2D eigenvalue weighted by Gasteiger charge is 2.11. The van der Waals surface area contributed by atoms with Crippen molar-refractivity contribution < 1.29 is 14.3 Å². The average molecular weight is 439 g/mol. The number of carbonyl (C=O) groups is 1. The van der Waals surface area contributed by atoms with E-state index in [1.807, 2.05) is 54.6 Å². The Balaban J connectivity index is 1.68. The Labute approximate surface area is 172 Å². The van der Waals surface area contributed by atoms with Crippen LogP contribution in [0, 0.1) is 0 Å². The van der Waals surface area contributed by atoms with Crippen LogP contribution in [0.4, 0.5) is 0 Å². The second-order valence-corrected chi connectivity index (χ2v) is 6.71. The molecule has 0 aromatic heterocycles. The van der Waals surface area contributed by atoms with Crippen molar-refractivity contribution >= 4 is 28.1 Å². The fourth-order valence-corrected chi connectivity index (χ4v) is 2.83. The van der Waals surface area contributed by atoms with Crippen molar-refractivity contribution in [3.05, 3.63) is 94.0 Å². The van der Waals surface area contributed by atoms with Crippen molar-refractivity contribution in [1.82, 2.24) is 5.43 Å². The quantitative estimate of drug-likeness (QED) is 0.425. The van der Waals surface area contributed by atoms with Crippen LogP contribution in [-0.4, -0.2) is 19.2 Å². The number of halogens is 1. The zero-order valence-electron chi connectivity index (χ0n) is 15.3. The van der Waals surface area contributed by atoms with Crippen molar-refractivity contribution in [2.45, 2.75) is 6.61 Å². The summed E-state index contributed by atoms with van der Waals surface area (Å²) >= 11 is 3.45. The number of methoxy groups -OCH3 is 1. The lowest BCUT2D eigenvalue weighted by Crippen LogP contribution is -2.18. The van der Waals surface area contributed by atoms with Gasteiger partial charge in [0.25, 0.3) is 5.91 Å². The normalized spacial score (nSPS) is 10.6. The highest BCUT2D eigenvalue weighted by Crippen LogP contribution is 2.21. The van der Waals surface area contributed by atoms with E-state index < -0.39 is 0 Å². The predicted octanol–water partition coefficient (Wildman–Crippen LogP) is 4.80. The lowest BCUT2D eigenvalue weighted by atomic mass is 10.2. The Morgan fingerprint density at radius 1 is 1.07 bits per heavy atom. The summed E-state index contributed by atoms with van der Waals surface area (Å²) in [7, 11) is 1.60. The fraction of sp³-hybridized carbons (Fsp3) is 0.0909. The molecule has 0 saturated carbocycles. The van der Waals surface area contributed by atoms with E-state index in [2.05, 4.69) is 26.5 Å². The molecule has 0 saturated heterocycles. The van der Waals surface area contributed by atoms with Gasteiger partial charge in [0.2, 0.25) is 0 Å². The molecule has 0 unspecified atom stereocenters. The maximum Gasteiger partial charge on any atom is 0.275 e. The molecule has 5 nitrogen and oxygen atoms in total. The number of hydrazone groups is 1. The highest BCUT2D eigenvalue weighted by molar-refractivity contribution is 9.10. The molecule has 0 aliphatic rings. The third kappa shape index (κ3) is 5.20. The predicted molar refractivity (Wildman–Crippen MR) is 113 cm³/mol. The maximum atomic E-state index is 12.5. The van der Waals surface area contributed by atoms with E-state index in [0.29, 0.717) is 23.7 Å². The minimum Gasteiger partial charge on any atom is -0.497 e. The number of carbonyl (C=O) groups excluding carboxylic acids is 1. The van der Waals surface area contributed by atoms with Gasteiger partial charge in [0.1, 0.15) is 18.1 Å². The second-order valence-electron chi connectivity index (χ2n) is 5.86. The number of nitrogens with one attached hydrogen (secondary N) is 1. The molecule has 1 amide bonds. The first kappa shape index (κ1) is 19.6. The zero-order chi connectivity index (χ0) is 19.8. The summed E-state index contributed by atoms with van der Waals surface area (Å²) in [6.07, 6.45) is 1.55. The molecule has 0 atom stereocenters. The van der Waals surface area contributed by atoms with Crippen LogP contribution >= 0.6 is 15.9 Å². The smallest absolute Gasteiger partial charge is 0.275 e. The Kier molecular flexibility index (Phi) is 6.81. The summed E-state index contributed by atoms with van der Waals surface area (Å²) in [6, 6.07) is 22.4. The van der Waals surface area contributed by atoms with Crippen LogP contribution in [0.1, 0.15) is 21.5 Å². The number of benzene rings is 3. The number of nitrogens with zero attached hydrogens (tertiary/aromatic N) is 1. The van der Waals surface area contributed by atoms with Gasteiger partial charge in [-0.05, 0) is 35.9 Å². The van der Waals surface area contributed by atoms with Gasteiger partial charge in [0.15, 0.2) is 0 Å². The summed E-state index contributed by atoms with van der Waals surface area (Å²) in [5.74, 6) is 0.858. The van der Waals surface area contributed by atoms with E-state index in [1.54, 1.807) is 31.5 Å². The maximum absolute atomic E-state index is 12.5. The summed E-state index contributed by atoms with van der Waals surface area (Å²) in [5.41, 5.74) is 4.77. The number of ether oxygens (including phenoxy) is 2. The van der Waals surface area contributed by atoms with Crippen LogP contribution in [0.2, 0.25) is 0 Å². The van der Waals surface area contributed by atoms with Crippen molar-refractivity contribution in [1.29, 1.82) is 0 Å². The van der Waals surface area contributed by atoms with E-state index in [1.165, 1.54) is 0 Å². The Morgan fingerprint density at radius 2 is 1.82 bits per heavy atom. The van der Waals surface area contributed by atoms with Crippen LogP contribution in [-0.2, 0) is 6.61 Å². The van der Waals surface area contributed by atoms with Crippen molar-refractivity contribution in [2.75, 3.05) is 7.11 Å². The fourth-order valence-electron chi connectivity index (χ4n) is 2.48. The van der Waals surface area contributed by atoms with E-state index in [9.17, 15) is 4.79 Å². The van der Waals surface area contributed by atoms with Crippen molar-refractivity contribution in [3.63, 3.8) is 0 Å². The largest absolute Gasteiger partial charge is 0.497 e. The molecule has 0 spiro atoms. The van der Waals surface area contributed by atoms with E-state index in [4.69, 9.17) is 9.47 Å². The zero-order valence-corrected chi connectivity index (χ0v) is 16.8. The molecule has 0 heterocycles. The Morgan fingerprint density at radius 3 is 2.61 bits per heavy atom. The lowest BCUT2D eigenvalue weighted by molar-refractivity contribution is 0.0950. The van der Waals surface area contributed by atoms with Gasteiger partial charge in [-0.3, -0.25) is 4.79 Å². The molecule has 1 N–H and O–H groups in total. The highest BCUT2D eigenvalue weighted by atomic mass is 79.9. The first-order valence-electron chi connectivity index (χ1n) is 8.60. The van der Waals surface area contributed by atoms with Crippen molar-refractivity contribution in [3.8, 4) is 11.5 Å². The van der Waals surface area contributed by atoms with Gasteiger partial charge in [-0.15, -0.1) is 0 Å². The third-order valence-corrected chi connectivity index (χ3v) is 4.66. The number of amides is 1. The number of rotatable bonds is 7. The summed E-state index contributed by atoms with van der Waals surface area (Å²) < 4.78 is 11.9. The molecule has 0 aliphatic carbocycles. The summed E-state index contributed by atoms with van der Waals surface area (Å²) in [6.45, 7) is 0.380. The first-order valence-corrected chi connectivity index (χ1v) is 9.39. The van der Waals surface area contributed by atoms with E-state index >= 15 is 0 Å². The minimum absolute atomic E-state index is 0.348. The van der Waals surface area contributed by atoms with Gasteiger partial charge >= 0.3 is 0 Å². The number of hydrogen-bond acceptors (Lipinski definition) is 4. The molecule has 3 rings (SSSR count). The SMILES string of the molecule is COc1ccc(Br)c(/C=N/NC(=O)c2ccccc2OCc2ccccc2)c1. The minimum atomic E-state index is -0.348. The monoisotopic (exact) mass is 438 g/mol. The molecule has 0 aliphatic heterocycles. The van der Waals surface area contributed by atoms with Gasteiger partial charge in [0, 0.05) is 10.0 Å². The van der Waals surface area contributed by atoms with Crippen LogP contribution in [0.15, 0.2) is 82.4 Å². The lowest BCUT2D eigenvalue weighted by Gasteiger charge is -2.10. The van der Waals surface area contributed by atoms with Gasteiger partial charge in [-0.1, -0.05) is 58.4 Å². The summed E-state index contributed by atoms with van der Waals surface area (Å²) in [5, 5.41) is 4.05. The van der Waals surface area contributed by atoms with Gasteiger partial charge in [0.05, 0.1) is 18.9 Å².